The highest BCUT2D eigenvalue weighted by atomic mass is 16.1. The summed E-state index contributed by atoms with van der Waals surface area (Å²) in [5.74, 6) is 0.0279. The number of carbonyl (C=O) groups excluding carboxylic acids is 1. The summed E-state index contributed by atoms with van der Waals surface area (Å²) in [4.78, 5) is 12.6. The minimum Gasteiger partial charge on any atom is -0.347 e. The van der Waals surface area contributed by atoms with Crippen molar-refractivity contribution in [2.75, 3.05) is 6.54 Å². The van der Waals surface area contributed by atoms with Crippen LogP contribution in [0.25, 0.3) is 0 Å². The lowest BCUT2D eigenvalue weighted by Gasteiger charge is -2.19. The van der Waals surface area contributed by atoms with Crippen molar-refractivity contribution < 1.29 is 4.79 Å². The Hall–Kier alpha value is -2.93. The Balaban J connectivity index is 1.38. The molecule has 0 saturated heterocycles. The van der Waals surface area contributed by atoms with Crippen LogP contribution in [0.3, 0.4) is 0 Å². The Morgan fingerprint density at radius 1 is 1.26 bits per heavy atom. The maximum atomic E-state index is 12.6. The molecule has 0 aliphatic carbocycles. The van der Waals surface area contributed by atoms with Gasteiger partial charge in [-0.25, -0.2) is 0 Å². The number of aryl methyl sites for hydroxylation is 1. The van der Waals surface area contributed by atoms with Crippen molar-refractivity contribution in [1.82, 2.24) is 30.2 Å². The van der Waals surface area contributed by atoms with Gasteiger partial charge in [-0.1, -0.05) is 30.3 Å². The van der Waals surface area contributed by atoms with E-state index in [9.17, 15) is 4.79 Å². The zero-order chi connectivity index (χ0) is 18.5. The number of benzene rings is 1. The first-order chi connectivity index (χ1) is 13.3. The molecule has 0 unspecified atom stereocenters. The molecule has 1 atom stereocenters. The van der Waals surface area contributed by atoms with Crippen molar-refractivity contribution in [3.63, 3.8) is 0 Å². The number of nitrogens with one attached hydrogen (secondary N) is 2. The number of hydrogen-bond donors (Lipinski definition) is 2. The van der Waals surface area contributed by atoms with Crippen LogP contribution in [0.1, 0.15) is 29.4 Å². The van der Waals surface area contributed by atoms with Crippen molar-refractivity contribution in [1.29, 1.82) is 0 Å². The van der Waals surface area contributed by atoms with E-state index < -0.39 is 0 Å². The molecule has 7 heteroatoms. The predicted octanol–water partition coefficient (Wildman–Crippen LogP) is 1.67. The van der Waals surface area contributed by atoms with Crippen LogP contribution in [0.4, 0.5) is 0 Å². The molecule has 2 aromatic heterocycles. The molecular weight excluding hydrogens is 340 g/mol. The first-order valence-corrected chi connectivity index (χ1v) is 9.36. The fourth-order valence-electron chi connectivity index (χ4n) is 3.40. The standard InChI is InChI=1S/C20H24N6O/c27-20(8-7-17-13-18-14-21-10-12-26(18)24-17)23-19(15-25-11-4-9-22-25)16-5-2-1-3-6-16/h1-6,9,11,13,19,21H,7-8,10,12,14-15H2,(H,23,27)/t19-/m1/s1. The predicted molar refractivity (Wildman–Crippen MR) is 102 cm³/mol. The van der Waals surface area contributed by atoms with Crippen molar-refractivity contribution in [2.45, 2.75) is 38.5 Å². The highest BCUT2D eigenvalue weighted by Gasteiger charge is 2.17. The monoisotopic (exact) mass is 364 g/mol. The quantitative estimate of drug-likeness (QED) is 0.669. The molecule has 0 saturated carbocycles. The number of amides is 1. The van der Waals surface area contributed by atoms with Gasteiger partial charge in [-0.2, -0.15) is 10.2 Å². The van der Waals surface area contributed by atoms with Crippen LogP contribution < -0.4 is 10.6 Å². The second-order valence-electron chi connectivity index (χ2n) is 6.79. The summed E-state index contributed by atoms with van der Waals surface area (Å²) in [5, 5.41) is 15.4. The van der Waals surface area contributed by atoms with Gasteiger partial charge in [-0.15, -0.1) is 0 Å². The van der Waals surface area contributed by atoms with Crippen molar-refractivity contribution in [3.8, 4) is 0 Å². The average molecular weight is 364 g/mol. The van der Waals surface area contributed by atoms with Crippen molar-refractivity contribution in [2.24, 2.45) is 0 Å². The first-order valence-electron chi connectivity index (χ1n) is 9.36. The molecule has 1 amide bonds. The van der Waals surface area contributed by atoms with Gasteiger partial charge in [-0.3, -0.25) is 14.2 Å². The number of rotatable bonds is 7. The Labute approximate surface area is 158 Å². The smallest absolute Gasteiger partial charge is 0.220 e. The van der Waals surface area contributed by atoms with E-state index in [1.165, 1.54) is 5.69 Å². The number of aromatic nitrogens is 4. The van der Waals surface area contributed by atoms with Crippen LogP contribution in [0, 0.1) is 0 Å². The molecule has 27 heavy (non-hydrogen) atoms. The molecule has 0 radical (unpaired) electrons. The van der Waals surface area contributed by atoms with Gasteiger partial charge in [0.15, 0.2) is 0 Å². The lowest BCUT2D eigenvalue weighted by molar-refractivity contribution is -0.121. The van der Waals surface area contributed by atoms with Crippen molar-refractivity contribution >= 4 is 5.91 Å². The van der Waals surface area contributed by atoms with E-state index in [4.69, 9.17) is 0 Å². The molecule has 1 aromatic carbocycles. The van der Waals surface area contributed by atoms with E-state index in [1.807, 2.05) is 52.0 Å². The molecule has 1 aliphatic rings. The van der Waals surface area contributed by atoms with E-state index in [1.54, 1.807) is 6.20 Å². The number of carbonyl (C=O) groups is 1. The lowest BCUT2D eigenvalue weighted by atomic mass is 10.1. The van der Waals surface area contributed by atoms with Crippen LogP contribution in [-0.2, 0) is 30.8 Å². The highest BCUT2D eigenvalue weighted by molar-refractivity contribution is 5.76. The fraction of sp³-hybridized carbons (Fsp3) is 0.350. The second-order valence-corrected chi connectivity index (χ2v) is 6.79. The first kappa shape index (κ1) is 17.5. The van der Waals surface area contributed by atoms with Crippen LogP contribution in [0.2, 0.25) is 0 Å². The van der Waals surface area contributed by atoms with Crippen molar-refractivity contribution in [3.05, 3.63) is 71.8 Å². The van der Waals surface area contributed by atoms with Crippen LogP contribution in [-0.4, -0.2) is 32.0 Å². The van der Waals surface area contributed by atoms with Gasteiger partial charge in [0.1, 0.15) is 0 Å². The Bertz CT molecular complexity index is 848. The van der Waals surface area contributed by atoms with Gasteiger partial charge in [0.25, 0.3) is 0 Å². The number of fused-ring (bicyclic) bond motifs is 1. The Kier molecular flexibility index (Phi) is 5.29. The summed E-state index contributed by atoms with van der Waals surface area (Å²) in [6.07, 6.45) is 4.73. The third kappa shape index (κ3) is 4.43. The van der Waals surface area contributed by atoms with E-state index >= 15 is 0 Å². The largest absolute Gasteiger partial charge is 0.347 e. The van der Waals surface area contributed by atoms with Gasteiger partial charge in [0.2, 0.25) is 5.91 Å². The van der Waals surface area contributed by atoms with E-state index in [2.05, 4.69) is 26.9 Å². The molecule has 4 rings (SSSR count). The molecule has 3 aromatic rings. The summed E-state index contributed by atoms with van der Waals surface area (Å²) in [5.41, 5.74) is 3.24. The minimum atomic E-state index is -0.113. The van der Waals surface area contributed by atoms with Crippen LogP contribution >= 0.6 is 0 Å². The Morgan fingerprint density at radius 2 is 2.15 bits per heavy atom. The summed E-state index contributed by atoms with van der Waals surface area (Å²) < 4.78 is 3.88. The molecule has 0 fully saturated rings. The third-order valence-corrected chi connectivity index (χ3v) is 4.79. The molecule has 140 valence electrons. The normalized spacial score (nSPS) is 14.5. The highest BCUT2D eigenvalue weighted by Crippen LogP contribution is 2.16. The van der Waals surface area contributed by atoms with Gasteiger partial charge in [0.05, 0.1) is 30.5 Å². The molecule has 3 heterocycles. The van der Waals surface area contributed by atoms with E-state index in [-0.39, 0.29) is 11.9 Å². The molecule has 2 N–H and O–H groups in total. The molecule has 0 bridgehead atoms. The van der Waals surface area contributed by atoms with Gasteiger partial charge >= 0.3 is 0 Å². The Morgan fingerprint density at radius 3 is 2.93 bits per heavy atom. The SMILES string of the molecule is O=C(CCc1cc2n(n1)CCNC2)N[C@H](Cn1cccn1)c1ccccc1. The van der Waals surface area contributed by atoms with Crippen LogP contribution in [0.15, 0.2) is 54.9 Å². The molecule has 0 spiro atoms. The zero-order valence-corrected chi connectivity index (χ0v) is 15.2. The maximum absolute atomic E-state index is 12.6. The third-order valence-electron chi connectivity index (χ3n) is 4.79. The minimum absolute atomic E-state index is 0.0279. The van der Waals surface area contributed by atoms with Gasteiger partial charge in [0, 0.05) is 38.3 Å². The second kappa shape index (κ2) is 8.18. The van der Waals surface area contributed by atoms with Gasteiger partial charge < -0.3 is 10.6 Å². The molecular formula is C20H24N6O. The van der Waals surface area contributed by atoms with E-state index in [0.29, 0.717) is 19.4 Å². The van der Waals surface area contributed by atoms with E-state index in [0.717, 1.165) is 30.9 Å². The summed E-state index contributed by atoms with van der Waals surface area (Å²) in [6.45, 7) is 3.29. The fourth-order valence-corrected chi connectivity index (χ4v) is 3.40. The van der Waals surface area contributed by atoms with Gasteiger partial charge in [-0.05, 0) is 17.7 Å². The number of hydrogen-bond acceptors (Lipinski definition) is 4. The van der Waals surface area contributed by atoms with Crippen LogP contribution in [0.5, 0.6) is 0 Å². The molecule has 7 nitrogen and oxygen atoms in total. The molecule has 1 aliphatic heterocycles. The lowest BCUT2D eigenvalue weighted by Crippen LogP contribution is -2.31. The zero-order valence-electron chi connectivity index (χ0n) is 15.2. The average Bonchev–Trinajstić information content (AvgIpc) is 3.36. The number of nitrogens with zero attached hydrogens (tertiary/aromatic N) is 4. The summed E-state index contributed by atoms with van der Waals surface area (Å²) in [6, 6.07) is 13.9. The maximum Gasteiger partial charge on any atom is 0.220 e. The summed E-state index contributed by atoms with van der Waals surface area (Å²) in [7, 11) is 0. The summed E-state index contributed by atoms with van der Waals surface area (Å²) >= 11 is 0. The topological polar surface area (TPSA) is 76.8 Å².